The summed E-state index contributed by atoms with van der Waals surface area (Å²) in [5.74, 6) is 1.50. The molecule has 0 spiro atoms. The molecule has 2 rings (SSSR count). The van der Waals surface area contributed by atoms with Gasteiger partial charge in [0.1, 0.15) is 5.60 Å². The number of hydrogen-bond donors (Lipinski definition) is 2. The molecule has 1 aliphatic heterocycles. The number of hydrogen-bond acceptors (Lipinski definition) is 3. The predicted octanol–water partition coefficient (Wildman–Crippen LogP) is 2.29. The van der Waals surface area contributed by atoms with Gasteiger partial charge in [0.2, 0.25) is 0 Å². The average Bonchev–Trinajstić information content (AvgIpc) is 3.08. The number of piperidine rings is 1. The molecule has 2 atom stereocenters. The summed E-state index contributed by atoms with van der Waals surface area (Å²) in [6.45, 7) is 7.50. The van der Waals surface area contributed by atoms with Gasteiger partial charge in [0.25, 0.3) is 0 Å². The third-order valence-corrected chi connectivity index (χ3v) is 3.67. The van der Waals surface area contributed by atoms with Gasteiger partial charge in [0.15, 0.2) is 0 Å². The van der Waals surface area contributed by atoms with E-state index in [1.807, 2.05) is 20.8 Å². The van der Waals surface area contributed by atoms with Crippen molar-refractivity contribution in [1.29, 1.82) is 0 Å². The SMILES string of the molecule is CC(C)(C)OC(=O)NCC1CCNC(C2CC2)C1. The Balaban J connectivity index is 1.67. The Hall–Kier alpha value is -0.770. The standard InChI is InChI=1S/C14H26N2O2/c1-14(2,3)18-13(17)16-9-10-6-7-15-12(8-10)11-4-5-11/h10-12,15H,4-9H2,1-3H3,(H,16,17). The second kappa shape index (κ2) is 5.47. The van der Waals surface area contributed by atoms with E-state index in [9.17, 15) is 4.79 Å². The molecule has 0 radical (unpaired) electrons. The zero-order chi connectivity index (χ0) is 13.2. The summed E-state index contributed by atoms with van der Waals surface area (Å²) >= 11 is 0. The van der Waals surface area contributed by atoms with Crippen LogP contribution in [0.4, 0.5) is 4.79 Å². The average molecular weight is 254 g/mol. The van der Waals surface area contributed by atoms with Crippen molar-refractivity contribution in [2.45, 2.75) is 58.1 Å². The quantitative estimate of drug-likeness (QED) is 0.812. The van der Waals surface area contributed by atoms with Crippen LogP contribution >= 0.6 is 0 Å². The van der Waals surface area contributed by atoms with Crippen molar-refractivity contribution in [1.82, 2.24) is 10.6 Å². The third-order valence-electron chi connectivity index (χ3n) is 3.67. The highest BCUT2D eigenvalue weighted by Gasteiger charge is 2.34. The van der Waals surface area contributed by atoms with E-state index in [4.69, 9.17) is 4.74 Å². The van der Waals surface area contributed by atoms with E-state index in [0.29, 0.717) is 12.0 Å². The van der Waals surface area contributed by atoms with Crippen LogP contribution in [-0.2, 0) is 4.74 Å². The van der Waals surface area contributed by atoms with Gasteiger partial charge in [-0.05, 0) is 64.8 Å². The zero-order valence-electron chi connectivity index (χ0n) is 11.8. The van der Waals surface area contributed by atoms with Crippen LogP contribution in [0.1, 0.15) is 46.5 Å². The molecule has 1 heterocycles. The van der Waals surface area contributed by atoms with Crippen LogP contribution < -0.4 is 10.6 Å². The van der Waals surface area contributed by atoms with Crippen LogP contribution in [0.2, 0.25) is 0 Å². The fourth-order valence-corrected chi connectivity index (χ4v) is 2.62. The number of nitrogens with one attached hydrogen (secondary N) is 2. The van der Waals surface area contributed by atoms with Crippen LogP contribution in [0.15, 0.2) is 0 Å². The number of ether oxygens (including phenoxy) is 1. The van der Waals surface area contributed by atoms with Gasteiger partial charge >= 0.3 is 6.09 Å². The molecular weight excluding hydrogens is 228 g/mol. The predicted molar refractivity (Wildman–Crippen MR) is 71.5 cm³/mol. The maximum absolute atomic E-state index is 11.6. The number of carbonyl (C=O) groups excluding carboxylic acids is 1. The van der Waals surface area contributed by atoms with Crippen LogP contribution in [0.25, 0.3) is 0 Å². The van der Waals surface area contributed by atoms with Crippen LogP contribution in [0.3, 0.4) is 0 Å². The molecule has 1 saturated carbocycles. The largest absolute Gasteiger partial charge is 0.444 e. The summed E-state index contributed by atoms with van der Waals surface area (Å²) < 4.78 is 5.25. The van der Waals surface area contributed by atoms with E-state index >= 15 is 0 Å². The van der Waals surface area contributed by atoms with E-state index < -0.39 is 5.60 Å². The Morgan fingerprint density at radius 3 is 2.67 bits per heavy atom. The van der Waals surface area contributed by atoms with E-state index in [-0.39, 0.29) is 6.09 Å². The molecule has 104 valence electrons. The Bertz CT molecular complexity index is 295. The first-order valence-corrected chi connectivity index (χ1v) is 7.14. The van der Waals surface area contributed by atoms with Crippen molar-refractivity contribution in [2.24, 2.45) is 11.8 Å². The smallest absolute Gasteiger partial charge is 0.407 e. The van der Waals surface area contributed by atoms with Crippen LogP contribution in [0.5, 0.6) is 0 Å². The maximum atomic E-state index is 11.6. The number of alkyl carbamates (subject to hydrolysis) is 1. The molecule has 4 heteroatoms. The summed E-state index contributed by atoms with van der Waals surface area (Å²) in [5.41, 5.74) is -0.408. The van der Waals surface area contributed by atoms with Gasteiger partial charge in [-0.1, -0.05) is 0 Å². The highest BCUT2D eigenvalue weighted by atomic mass is 16.6. The van der Waals surface area contributed by atoms with Gasteiger partial charge in [0, 0.05) is 12.6 Å². The molecule has 2 N–H and O–H groups in total. The van der Waals surface area contributed by atoms with Crippen LogP contribution in [0, 0.1) is 11.8 Å². The Kier molecular flexibility index (Phi) is 4.15. The first-order valence-electron chi connectivity index (χ1n) is 7.14. The van der Waals surface area contributed by atoms with Crippen molar-refractivity contribution in [2.75, 3.05) is 13.1 Å². The fourth-order valence-electron chi connectivity index (χ4n) is 2.62. The Morgan fingerprint density at radius 1 is 1.33 bits per heavy atom. The van der Waals surface area contributed by atoms with Gasteiger partial charge in [-0.25, -0.2) is 4.79 Å². The summed E-state index contributed by atoms with van der Waals surface area (Å²) in [7, 11) is 0. The second-order valence-electron chi connectivity index (χ2n) is 6.67. The monoisotopic (exact) mass is 254 g/mol. The van der Waals surface area contributed by atoms with Gasteiger partial charge < -0.3 is 15.4 Å². The van der Waals surface area contributed by atoms with Crippen LogP contribution in [-0.4, -0.2) is 30.8 Å². The molecule has 18 heavy (non-hydrogen) atoms. The van der Waals surface area contributed by atoms with Gasteiger partial charge in [-0.3, -0.25) is 0 Å². The lowest BCUT2D eigenvalue weighted by atomic mass is 9.90. The topological polar surface area (TPSA) is 50.4 Å². The zero-order valence-corrected chi connectivity index (χ0v) is 11.8. The Morgan fingerprint density at radius 2 is 2.06 bits per heavy atom. The second-order valence-corrected chi connectivity index (χ2v) is 6.67. The summed E-state index contributed by atoms with van der Waals surface area (Å²) in [6, 6.07) is 0.684. The third kappa shape index (κ3) is 4.48. The molecule has 0 bridgehead atoms. The summed E-state index contributed by atoms with van der Waals surface area (Å²) in [5, 5.41) is 6.49. The maximum Gasteiger partial charge on any atom is 0.407 e. The molecule has 2 fully saturated rings. The lowest BCUT2D eigenvalue weighted by molar-refractivity contribution is 0.0513. The molecule has 1 saturated heterocycles. The van der Waals surface area contributed by atoms with Gasteiger partial charge in [0.05, 0.1) is 0 Å². The summed E-state index contributed by atoms with van der Waals surface area (Å²) in [4.78, 5) is 11.6. The van der Waals surface area contributed by atoms with E-state index in [1.54, 1.807) is 0 Å². The van der Waals surface area contributed by atoms with Crippen molar-refractivity contribution < 1.29 is 9.53 Å². The molecule has 1 amide bonds. The first kappa shape index (κ1) is 13.7. The first-order chi connectivity index (χ1) is 8.44. The van der Waals surface area contributed by atoms with Gasteiger partial charge in [-0.15, -0.1) is 0 Å². The molecule has 4 nitrogen and oxygen atoms in total. The van der Waals surface area contributed by atoms with Crippen molar-refractivity contribution in [3.05, 3.63) is 0 Å². The van der Waals surface area contributed by atoms with Gasteiger partial charge in [-0.2, -0.15) is 0 Å². The van der Waals surface area contributed by atoms with E-state index in [2.05, 4.69) is 10.6 Å². The lowest BCUT2D eigenvalue weighted by Gasteiger charge is -2.30. The van der Waals surface area contributed by atoms with Crippen molar-refractivity contribution >= 4 is 6.09 Å². The Labute approximate surface area is 110 Å². The molecule has 2 unspecified atom stereocenters. The minimum atomic E-state index is -0.408. The summed E-state index contributed by atoms with van der Waals surface area (Å²) in [6.07, 6.45) is 4.82. The molecule has 0 aromatic rings. The molecule has 1 aliphatic carbocycles. The number of amides is 1. The lowest BCUT2D eigenvalue weighted by Crippen LogP contribution is -2.43. The molecular formula is C14H26N2O2. The molecule has 0 aromatic heterocycles. The van der Waals surface area contributed by atoms with E-state index in [1.165, 1.54) is 19.3 Å². The van der Waals surface area contributed by atoms with Crippen molar-refractivity contribution in [3.63, 3.8) is 0 Å². The number of rotatable bonds is 3. The highest BCUT2D eigenvalue weighted by molar-refractivity contribution is 5.67. The fraction of sp³-hybridized carbons (Fsp3) is 0.929. The minimum absolute atomic E-state index is 0.288. The minimum Gasteiger partial charge on any atom is -0.444 e. The molecule has 0 aromatic carbocycles. The normalized spacial score (nSPS) is 28.8. The van der Waals surface area contributed by atoms with Crippen molar-refractivity contribution in [3.8, 4) is 0 Å². The highest BCUT2D eigenvalue weighted by Crippen LogP contribution is 2.36. The molecule has 2 aliphatic rings. The van der Waals surface area contributed by atoms with E-state index in [0.717, 1.165) is 25.4 Å². The number of carbonyl (C=O) groups is 1.